The number of nitrogens with zero attached hydrogens (tertiary/aromatic N) is 2. The zero-order valence-corrected chi connectivity index (χ0v) is 11.6. The van der Waals surface area contributed by atoms with Crippen molar-refractivity contribution in [2.24, 2.45) is 0 Å². The quantitative estimate of drug-likeness (QED) is 0.594. The third kappa shape index (κ3) is 1.67. The molecule has 0 aliphatic heterocycles. The summed E-state index contributed by atoms with van der Waals surface area (Å²) in [6, 6.07) is 14.2. The first-order chi connectivity index (χ1) is 10.2. The van der Waals surface area contributed by atoms with Gasteiger partial charge in [-0.2, -0.15) is 10.2 Å². The first-order valence-electron chi connectivity index (χ1n) is 6.29. The standard InChI is InChI=1S/C14H10N4O2S/c19-21(20,13-9-5-1-3-7-11(9)15-17-13)14-10-6-2-4-8-12(10)16-18-14/h1-8H,(H,15,17)(H,16,18). The first-order valence-corrected chi connectivity index (χ1v) is 7.77. The third-order valence-electron chi connectivity index (χ3n) is 3.39. The van der Waals surface area contributed by atoms with Gasteiger partial charge in [-0.15, -0.1) is 0 Å². The summed E-state index contributed by atoms with van der Waals surface area (Å²) in [5.41, 5.74) is 1.22. The molecular formula is C14H10N4O2S. The van der Waals surface area contributed by atoms with E-state index in [1.807, 2.05) is 12.1 Å². The second kappa shape index (κ2) is 4.16. The van der Waals surface area contributed by atoms with Crippen LogP contribution in [-0.2, 0) is 9.84 Å². The summed E-state index contributed by atoms with van der Waals surface area (Å²) in [5, 5.41) is 14.6. The van der Waals surface area contributed by atoms with Crippen LogP contribution in [-0.4, -0.2) is 28.8 Å². The summed E-state index contributed by atoms with van der Waals surface area (Å²) in [6.07, 6.45) is 0. The van der Waals surface area contributed by atoms with Gasteiger partial charge in [-0.25, -0.2) is 8.42 Å². The number of fused-ring (bicyclic) bond motifs is 2. The minimum absolute atomic E-state index is 0.0764. The molecule has 21 heavy (non-hydrogen) atoms. The van der Waals surface area contributed by atoms with E-state index >= 15 is 0 Å². The molecule has 0 spiro atoms. The van der Waals surface area contributed by atoms with Gasteiger partial charge in [0.05, 0.1) is 11.0 Å². The van der Waals surface area contributed by atoms with Crippen LogP contribution >= 0.6 is 0 Å². The molecule has 0 amide bonds. The van der Waals surface area contributed by atoms with Gasteiger partial charge in [0.25, 0.3) is 0 Å². The zero-order chi connectivity index (χ0) is 14.4. The molecule has 0 atom stereocenters. The number of rotatable bonds is 2. The SMILES string of the molecule is O=S(=O)(c1[nH]nc2ccccc12)c1[nH]nc2ccccc12. The molecule has 2 heterocycles. The second-order valence-electron chi connectivity index (χ2n) is 4.64. The lowest BCUT2D eigenvalue weighted by Crippen LogP contribution is -2.04. The van der Waals surface area contributed by atoms with Gasteiger partial charge in [0.15, 0.2) is 10.1 Å². The lowest BCUT2D eigenvalue weighted by Gasteiger charge is -2.00. The average Bonchev–Trinajstić information content (AvgIpc) is 3.12. The van der Waals surface area contributed by atoms with Crippen molar-refractivity contribution in [1.82, 2.24) is 20.4 Å². The number of sulfone groups is 1. The highest BCUT2D eigenvalue weighted by Crippen LogP contribution is 2.29. The van der Waals surface area contributed by atoms with Crippen LogP contribution < -0.4 is 0 Å². The van der Waals surface area contributed by atoms with Crippen molar-refractivity contribution in [2.45, 2.75) is 10.1 Å². The van der Waals surface area contributed by atoms with E-state index in [-0.39, 0.29) is 10.1 Å². The Morgan fingerprint density at radius 1 is 0.714 bits per heavy atom. The molecule has 0 aliphatic carbocycles. The minimum Gasteiger partial charge on any atom is -0.266 e. The van der Waals surface area contributed by atoms with Crippen molar-refractivity contribution in [1.29, 1.82) is 0 Å². The predicted octanol–water partition coefficient (Wildman–Crippen LogP) is 2.27. The lowest BCUT2D eigenvalue weighted by atomic mass is 10.3. The highest BCUT2D eigenvalue weighted by Gasteiger charge is 2.26. The first kappa shape index (κ1) is 12.1. The normalized spacial score (nSPS) is 12.2. The van der Waals surface area contributed by atoms with Gasteiger partial charge >= 0.3 is 0 Å². The van der Waals surface area contributed by atoms with E-state index in [1.54, 1.807) is 36.4 Å². The topological polar surface area (TPSA) is 91.5 Å². The summed E-state index contributed by atoms with van der Waals surface area (Å²) >= 11 is 0. The van der Waals surface area contributed by atoms with Gasteiger partial charge in [0, 0.05) is 10.8 Å². The Kier molecular flexibility index (Phi) is 2.40. The van der Waals surface area contributed by atoms with Gasteiger partial charge in [0.2, 0.25) is 9.84 Å². The van der Waals surface area contributed by atoms with Crippen LogP contribution in [0.3, 0.4) is 0 Å². The van der Waals surface area contributed by atoms with Gasteiger partial charge in [-0.05, 0) is 24.3 Å². The minimum atomic E-state index is -3.74. The van der Waals surface area contributed by atoms with E-state index in [9.17, 15) is 8.42 Å². The molecule has 0 aliphatic rings. The summed E-state index contributed by atoms with van der Waals surface area (Å²) in [7, 11) is -3.74. The Balaban J connectivity index is 2.02. The van der Waals surface area contributed by atoms with E-state index in [4.69, 9.17) is 0 Å². The van der Waals surface area contributed by atoms with Crippen molar-refractivity contribution < 1.29 is 8.42 Å². The molecule has 2 aromatic heterocycles. The van der Waals surface area contributed by atoms with Crippen LogP contribution in [0.2, 0.25) is 0 Å². The van der Waals surface area contributed by atoms with Crippen molar-refractivity contribution in [3.8, 4) is 0 Å². The third-order valence-corrected chi connectivity index (χ3v) is 5.09. The number of H-pyrrole nitrogens is 2. The molecule has 6 nitrogen and oxygen atoms in total. The maximum Gasteiger partial charge on any atom is 0.241 e. The van der Waals surface area contributed by atoms with Crippen molar-refractivity contribution in [2.75, 3.05) is 0 Å². The lowest BCUT2D eigenvalue weighted by molar-refractivity contribution is 0.589. The number of benzene rings is 2. The van der Waals surface area contributed by atoms with Crippen LogP contribution in [0.1, 0.15) is 0 Å². The molecule has 0 bridgehead atoms. The van der Waals surface area contributed by atoms with Gasteiger partial charge in [0.1, 0.15) is 0 Å². The molecule has 0 saturated carbocycles. The predicted molar refractivity (Wildman–Crippen MR) is 77.6 cm³/mol. The Bertz CT molecular complexity index is 983. The van der Waals surface area contributed by atoms with Crippen molar-refractivity contribution in [3.05, 3.63) is 48.5 Å². The summed E-state index contributed by atoms with van der Waals surface area (Å²) in [6.45, 7) is 0. The molecule has 0 saturated heterocycles. The van der Waals surface area contributed by atoms with Crippen molar-refractivity contribution >= 4 is 31.6 Å². The zero-order valence-electron chi connectivity index (χ0n) is 10.7. The van der Waals surface area contributed by atoms with E-state index in [0.717, 1.165) is 0 Å². The van der Waals surface area contributed by atoms with Crippen LogP contribution in [0.4, 0.5) is 0 Å². The van der Waals surface area contributed by atoms with Gasteiger partial charge in [-0.3, -0.25) is 10.2 Å². The molecule has 0 fully saturated rings. The van der Waals surface area contributed by atoms with E-state index < -0.39 is 9.84 Å². The van der Waals surface area contributed by atoms with Gasteiger partial charge < -0.3 is 0 Å². The van der Waals surface area contributed by atoms with E-state index in [2.05, 4.69) is 20.4 Å². The van der Waals surface area contributed by atoms with Crippen molar-refractivity contribution in [3.63, 3.8) is 0 Å². The van der Waals surface area contributed by atoms with Gasteiger partial charge in [-0.1, -0.05) is 24.3 Å². The fourth-order valence-corrected chi connectivity index (χ4v) is 3.84. The molecule has 4 rings (SSSR count). The smallest absolute Gasteiger partial charge is 0.241 e. The Morgan fingerprint density at radius 2 is 1.14 bits per heavy atom. The molecule has 2 aromatic carbocycles. The molecule has 2 N–H and O–H groups in total. The highest BCUT2D eigenvalue weighted by atomic mass is 32.2. The number of nitrogens with one attached hydrogen (secondary N) is 2. The molecule has 7 heteroatoms. The number of aromatic nitrogens is 4. The molecule has 0 radical (unpaired) electrons. The number of hydrogen-bond donors (Lipinski definition) is 2. The Morgan fingerprint density at radius 3 is 1.62 bits per heavy atom. The summed E-state index contributed by atoms with van der Waals surface area (Å²) < 4.78 is 25.7. The molecule has 0 unspecified atom stereocenters. The summed E-state index contributed by atoms with van der Waals surface area (Å²) in [5.74, 6) is 0. The number of aromatic amines is 2. The molecular weight excluding hydrogens is 288 g/mol. The van der Waals surface area contributed by atoms with Crippen LogP contribution in [0.25, 0.3) is 21.8 Å². The Labute approximate surface area is 119 Å². The molecule has 104 valence electrons. The largest absolute Gasteiger partial charge is 0.266 e. The number of para-hydroxylation sites is 2. The highest BCUT2D eigenvalue weighted by molar-refractivity contribution is 7.91. The van der Waals surface area contributed by atoms with E-state index in [1.165, 1.54) is 0 Å². The monoisotopic (exact) mass is 298 g/mol. The van der Waals surface area contributed by atoms with Crippen LogP contribution in [0.15, 0.2) is 58.6 Å². The Hall–Kier alpha value is -2.67. The average molecular weight is 298 g/mol. The van der Waals surface area contributed by atoms with Crippen LogP contribution in [0.5, 0.6) is 0 Å². The summed E-state index contributed by atoms with van der Waals surface area (Å²) in [4.78, 5) is 0. The fourth-order valence-electron chi connectivity index (χ4n) is 2.38. The van der Waals surface area contributed by atoms with E-state index in [0.29, 0.717) is 21.8 Å². The van der Waals surface area contributed by atoms with Crippen LogP contribution in [0, 0.1) is 0 Å². The maximum atomic E-state index is 12.8. The maximum absolute atomic E-state index is 12.8. The second-order valence-corrected chi connectivity index (χ2v) is 6.47. The molecule has 4 aromatic rings. The fraction of sp³-hybridized carbons (Fsp3) is 0. The number of hydrogen-bond acceptors (Lipinski definition) is 4.